The fourth-order valence-electron chi connectivity index (χ4n) is 2.50. The lowest BCUT2D eigenvalue weighted by atomic mass is 9.79. The molecule has 0 spiro atoms. The number of hydrogen-bond donors (Lipinski definition) is 1. The summed E-state index contributed by atoms with van der Waals surface area (Å²) in [5, 5.41) is 3.36. The van der Waals surface area contributed by atoms with Crippen molar-refractivity contribution >= 4 is 5.70 Å². The van der Waals surface area contributed by atoms with E-state index in [4.69, 9.17) is 0 Å². The van der Waals surface area contributed by atoms with Gasteiger partial charge in [0, 0.05) is 29.4 Å². The highest BCUT2D eigenvalue weighted by molar-refractivity contribution is 5.68. The van der Waals surface area contributed by atoms with Gasteiger partial charge in [-0.05, 0) is 23.5 Å². The number of halogens is 2. The molecule has 0 fully saturated rings. The smallest absolute Gasteiger partial charge is 0.216 e. The quantitative estimate of drug-likeness (QED) is 0.825. The Hall–Kier alpha value is -1.71. The Bertz CT molecular complexity index is 548. The van der Waals surface area contributed by atoms with Crippen molar-refractivity contribution in [3.05, 3.63) is 47.3 Å². The largest absolute Gasteiger partial charge is 0.378 e. The van der Waals surface area contributed by atoms with Crippen LogP contribution in [0, 0.1) is 17.3 Å². The molecule has 0 bridgehead atoms. The Labute approximate surface area is 118 Å². The van der Waals surface area contributed by atoms with Crippen LogP contribution in [0.5, 0.6) is 0 Å². The standard InChI is InChI=1S/C16H20F2N2/c1-5-12-11(16(2,3)4)6-7-13(19-12)10-8-14(17)20-15(18)9-10/h6-9,12,19H,5H2,1-4H3. The fraction of sp³-hybridized carbons (Fsp3) is 0.438. The molecule has 108 valence electrons. The number of allylic oxidation sites excluding steroid dienone is 2. The molecule has 1 aliphatic heterocycles. The van der Waals surface area contributed by atoms with Gasteiger partial charge in [0.15, 0.2) is 0 Å². The van der Waals surface area contributed by atoms with E-state index in [1.165, 1.54) is 17.7 Å². The highest BCUT2D eigenvalue weighted by atomic mass is 19.1. The number of rotatable bonds is 2. The zero-order chi connectivity index (χ0) is 14.9. The molecule has 1 atom stereocenters. The second kappa shape index (κ2) is 5.35. The van der Waals surface area contributed by atoms with Crippen LogP contribution in [-0.4, -0.2) is 11.0 Å². The van der Waals surface area contributed by atoms with Gasteiger partial charge in [-0.15, -0.1) is 0 Å². The van der Waals surface area contributed by atoms with Crippen molar-refractivity contribution < 1.29 is 8.78 Å². The number of aromatic nitrogens is 1. The third-order valence-corrected chi connectivity index (χ3v) is 3.48. The molecule has 1 aliphatic rings. The Balaban J connectivity index is 2.40. The average Bonchev–Trinajstić information content (AvgIpc) is 2.35. The SMILES string of the molecule is CCC1NC(c2cc(F)nc(F)c2)=CC=C1C(C)(C)C. The highest BCUT2D eigenvalue weighted by Gasteiger charge is 2.26. The van der Waals surface area contributed by atoms with Gasteiger partial charge in [0.2, 0.25) is 11.9 Å². The first-order valence-corrected chi connectivity index (χ1v) is 6.83. The third-order valence-electron chi connectivity index (χ3n) is 3.48. The molecular weight excluding hydrogens is 258 g/mol. The number of nitrogens with one attached hydrogen (secondary N) is 1. The number of pyridine rings is 1. The van der Waals surface area contributed by atoms with Crippen LogP contribution in [0.1, 0.15) is 39.7 Å². The molecule has 0 aromatic carbocycles. The summed E-state index contributed by atoms with van der Waals surface area (Å²) in [6.45, 7) is 8.57. The fourth-order valence-corrected chi connectivity index (χ4v) is 2.50. The first-order valence-electron chi connectivity index (χ1n) is 6.83. The van der Waals surface area contributed by atoms with E-state index < -0.39 is 11.9 Å². The number of hydrogen-bond acceptors (Lipinski definition) is 2. The maximum Gasteiger partial charge on any atom is 0.216 e. The van der Waals surface area contributed by atoms with E-state index in [9.17, 15) is 8.78 Å². The Morgan fingerprint density at radius 1 is 1.15 bits per heavy atom. The van der Waals surface area contributed by atoms with Crippen LogP contribution in [-0.2, 0) is 0 Å². The maximum atomic E-state index is 13.2. The number of dihydropyridines is 1. The molecule has 20 heavy (non-hydrogen) atoms. The van der Waals surface area contributed by atoms with Crippen molar-refractivity contribution in [1.82, 2.24) is 10.3 Å². The zero-order valence-corrected chi connectivity index (χ0v) is 12.3. The van der Waals surface area contributed by atoms with Gasteiger partial charge >= 0.3 is 0 Å². The Kier molecular flexibility index (Phi) is 3.93. The summed E-state index contributed by atoms with van der Waals surface area (Å²) in [6.07, 6.45) is 4.84. The third kappa shape index (κ3) is 3.06. The van der Waals surface area contributed by atoms with Crippen molar-refractivity contribution in [3.8, 4) is 0 Å². The Morgan fingerprint density at radius 3 is 2.25 bits per heavy atom. The molecule has 1 aromatic heterocycles. The van der Waals surface area contributed by atoms with Crippen molar-refractivity contribution in [2.75, 3.05) is 0 Å². The minimum Gasteiger partial charge on any atom is -0.378 e. The zero-order valence-electron chi connectivity index (χ0n) is 12.3. The van der Waals surface area contributed by atoms with E-state index >= 15 is 0 Å². The van der Waals surface area contributed by atoms with E-state index in [0.717, 1.165) is 12.1 Å². The summed E-state index contributed by atoms with van der Waals surface area (Å²) in [5.41, 5.74) is 2.56. The average molecular weight is 278 g/mol. The molecule has 1 unspecified atom stereocenters. The van der Waals surface area contributed by atoms with Crippen LogP contribution in [0.4, 0.5) is 8.78 Å². The van der Waals surface area contributed by atoms with Crippen LogP contribution in [0.3, 0.4) is 0 Å². The van der Waals surface area contributed by atoms with Gasteiger partial charge in [0.1, 0.15) is 0 Å². The van der Waals surface area contributed by atoms with Gasteiger partial charge in [-0.2, -0.15) is 13.8 Å². The van der Waals surface area contributed by atoms with Gasteiger partial charge in [0.05, 0.1) is 0 Å². The summed E-state index contributed by atoms with van der Waals surface area (Å²) in [5.74, 6) is -1.61. The summed E-state index contributed by atoms with van der Waals surface area (Å²) in [6, 6.07) is 2.66. The molecule has 2 rings (SSSR count). The van der Waals surface area contributed by atoms with E-state index in [2.05, 4.69) is 44.1 Å². The maximum absolute atomic E-state index is 13.2. The van der Waals surface area contributed by atoms with E-state index in [1.54, 1.807) is 0 Å². The monoisotopic (exact) mass is 278 g/mol. The topological polar surface area (TPSA) is 24.9 Å². The molecule has 2 nitrogen and oxygen atoms in total. The number of nitrogens with zero attached hydrogens (tertiary/aromatic N) is 1. The first kappa shape index (κ1) is 14.7. The van der Waals surface area contributed by atoms with Crippen LogP contribution >= 0.6 is 0 Å². The van der Waals surface area contributed by atoms with Gasteiger partial charge in [-0.3, -0.25) is 0 Å². The van der Waals surface area contributed by atoms with Crippen molar-refractivity contribution in [1.29, 1.82) is 0 Å². The molecule has 4 heteroatoms. The van der Waals surface area contributed by atoms with Gasteiger partial charge in [-0.1, -0.05) is 33.8 Å². The molecule has 1 aromatic rings. The second-order valence-electron chi connectivity index (χ2n) is 6.06. The molecular formula is C16H20F2N2. The van der Waals surface area contributed by atoms with E-state index in [-0.39, 0.29) is 11.5 Å². The second-order valence-corrected chi connectivity index (χ2v) is 6.06. The molecule has 0 amide bonds. The van der Waals surface area contributed by atoms with E-state index in [1.807, 2.05) is 6.08 Å². The van der Waals surface area contributed by atoms with Crippen LogP contribution in [0.25, 0.3) is 5.70 Å². The molecule has 0 saturated carbocycles. The lowest BCUT2D eigenvalue weighted by Crippen LogP contribution is -2.36. The lowest BCUT2D eigenvalue weighted by molar-refractivity contribution is 0.437. The van der Waals surface area contributed by atoms with Crippen LogP contribution < -0.4 is 5.32 Å². The Morgan fingerprint density at radius 2 is 1.75 bits per heavy atom. The molecule has 1 N–H and O–H groups in total. The van der Waals surface area contributed by atoms with Crippen molar-refractivity contribution in [2.45, 2.75) is 40.2 Å². The normalized spacial score (nSPS) is 19.2. The summed E-state index contributed by atoms with van der Waals surface area (Å²) < 4.78 is 26.4. The summed E-state index contributed by atoms with van der Waals surface area (Å²) in [4.78, 5) is 3.12. The molecule has 0 saturated heterocycles. The van der Waals surface area contributed by atoms with Gasteiger partial charge < -0.3 is 5.32 Å². The minimum atomic E-state index is -0.804. The van der Waals surface area contributed by atoms with Crippen LogP contribution in [0.2, 0.25) is 0 Å². The van der Waals surface area contributed by atoms with E-state index in [0.29, 0.717) is 5.56 Å². The highest BCUT2D eigenvalue weighted by Crippen LogP contribution is 2.33. The first-order chi connectivity index (χ1) is 9.31. The lowest BCUT2D eigenvalue weighted by Gasteiger charge is -2.34. The minimum absolute atomic E-state index is 0.0600. The van der Waals surface area contributed by atoms with Crippen molar-refractivity contribution in [2.24, 2.45) is 5.41 Å². The molecule has 0 aliphatic carbocycles. The van der Waals surface area contributed by atoms with Gasteiger partial charge in [-0.25, -0.2) is 0 Å². The van der Waals surface area contributed by atoms with Crippen LogP contribution in [0.15, 0.2) is 29.9 Å². The summed E-state index contributed by atoms with van der Waals surface area (Å²) >= 11 is 0. The molecule has 2 heterocycles. The predicted molar refractivity (Wildman–Crippen MR) is 76.9 cm³/mol. The predicted octanol–water partition coefficient (Wildman–Crippen LogP) is 4.06. The van der Waals surface area contributed by atoms with Crippen molar-refractivity contribution in [3.63, 3.8) is 0 Å². The molecule has 0 radical (unpaired) electrons. The van der Waals surface area contributed by atoms with Gasteiger partial charge in [0.25, 0.3) is 0 Å². The summed E-state index contributed by atoms with van der Waals surface area (Å²) in [7, 11) is 0.